The van der Waals surface area contributed by atoms with Crippen molar-refractivity contribution in [1.29, 1.82) is 0 Å². The number of benzene rings is 1. The number of carbonyl (C=O) groups is 1. The van der Waals surface area contributed by atoms with E-state index in [4.69, 9.17) is 14.2 Å². The van der Waals surface area contributed by atoms with Crippen molar-refractivity contribution in [3.63, 3.8) is 0 Å². The number of hydrogen-bond donors (Lipinski definition) is 1. The van der Waals surface area contributed by atoms with Gasteiger partial charge in [-0.05, 0) is 45.0 Å². The molecule has 154 valence electrons. The number of alkyl carbamates (subject to hydrolysis) is 1. The molecule has 0 spiro atoms. The lowest BCUT2D eigenvalue weighted by atomic mass is 9.98. The molecule has 3 rings (SSSR count). The summed E-state index contributed by atoms with van der Waals surface area (Å²) in [6.45, 7) is 8.09. The van der Waals surface area contributed by atoms with E-state index in [1.54, 1.807) is 20.8 Å². The number of nitrogens with one attached hydrogen (secondary N) is 1. The van der Waals surface area contributed by atoms with Crippen LogP contribution in [-0.4, -0.2) is 55.5 Å². The van der Waals surface area contributed by atoms with Crippen LogP contribution in [0.5, 0.6) is 0 Å². The van der Waals surface area contributed by atoms with Gasteiger partial charge in [0.1, 0.15) is 23.3 Å². The van der Waals surface area contributed by atoms with Gasteiger partial charge in [-0.25, -0.2) is 13.6 Å². The number of rotatable bonds is 3. The largest absolute Gasteiger partial charge is 0.444 e. The smallest absolute Gasteiger partial charge is 0.408 e. The molecule has 8 heteroatoms. The molecule has 2 aliphatic rings. The molecule has 28 heavy (non-hydrogen) atoms. The van der Waals surface area contributed by atoms with E-state index >= 15 is 0 Å². The van der Waals surface area contributed by atoms with Gasteiger partial charge in [-0.3, -0.25) is 0 Å². The lowest BCUT2D eigenvalue weighted by Gasteiger charge is -2.38. The second-order valence-electron chi connectivity index (χ2n) is 7.83. The van der Waals surface area contributed by atoms with Crippen molar-refractivity contribution in [2.45, 2.75) is 38.5 Å². The van der Waals surface area contributed by atoms with E-state index in [1.165, 1.54) is 0 Å². The van der Waals surface area contributed by atoms with Crippen LogP contribution in [0.15, 0.2) is 30.0 Å². The van der Waals surface area contributed by atoms with E-state index in [0.717, 1.165) is 23.9 Å². The molecule has 0 aliphatic carbocycles. The van der Waals surface area contributed by atoms with Crippen LogP contribution >= 0.6 is 0 Å². The molecule has 2 heterocycles. The van der Waals surface area contributed by atoms with Gasteiger partial charge in [0.25, 0.3) is 0 Å². The molecular formula is C20H26F2N2O4. The van der Waals surface area contributed by atoms with Gasteiger partial charge >= 0.3 is 6.09 Å². The molecule has 1 N–H and O–H groups in total. The highest BCUT2D eigenvalue weighted by Crippen LogP contribution is 2.31. The van der Waals surface area contributed by atoms with Crippen molar-refractivity contribution in [2.24, 2.45) is 0 Å². The molecule has 0 bridgehead atoms. The van der Waals surface area contributed by atoms with Crippen molar-refractivity contribution < 1.29 is 27.8 Å². The molecule has 1 unspecified atom stereocenters. The van der Waals surface area contributed by atoms with Crippen molar-refractivity contribution in [2.75, 3.05) is 32.9 Å². The van der Waals surface area contributed by atoms with Crippen LogP contribution in [0.2, 0.25) is 0 Å². The summed E-state index contributed by atoms with van der Waals surface area (Å²) in [7, 11) is 0. The average molecular weight is 396 g/mol. The van der Waals surface area contributed by atoms with Crippen LogP contribution in [0.1, 0.15) is 32.4 Å². The third-order valence-electron chi connectivity index (χ3n) is 4.47. The Kier molecular flexibility index (Phi) is 6.20. The maximum absolute atomic E-state index is 14.3. The fraction of sp³-hybridized carbons (Fsp3) is 0.550. The van der Waals surface area contributed by atoms with Crippen LogP contribution in [0, 0.1) is 11.6 Å². The molecule has 0 saturated carbocycles. The van der Waals surface area contributed by atoms with Crippen LogP contribution < -0.4 is 5.32 Å². The lowest BCUT2D eigenvalue weighted by molar-refractivity contribution is -0.00142. The van der Waals surface area contributed by atoms with E-state index in [2.05, 4.69) is 10.2 Å². The minimum atomic E-state index is -0.868. The van der Waals surface area contributed by atoms with Gasteiger partial charge in [0.15, 0.2) is 0 Å². The van der Waals surface area contributed by atoms with Crippen molar-refractivity contribution in [3.05, 3.63) is 47.2 Å². The van der Waals surface area contributed by atoms with Gasteiger partial charge in [0.2, 0.25) is 0 Å². The Hall–Kier alpha value is -2.19. The maximum atomic E-state index is 14.3. The summed E-state index contributed by atoms with van der Waals surface area (Å²) >= 11 is 0. The van der Waals surface area contributed by atoms with Gasteiger partial charge in [-0.2, -0.15) is 0 Å². The molecule has 1 saturated heterocycles. The number of morpholine rings is 1. The zero-order chi connectivity index (χ0) is 20.3. The predicted molar refractivity (Wildman–Crippen MR) is 98.7 cm³/mol. The Labute approximate surface area is 163 Å². The molecule has 2 aliphatic heterocycles. The summed E-state index contributed by atoms with van der Waals surface area (Å²) in [6.07, 6.45) is 0.309. The van der Waals surface area contributed by atoms with Crippen molar-refractivity contribution in [1.82, 2.24) is 10.2 Å². The summed E-state index contributed by atoms with van der Waals surface area (Å²) < 4.78 is 44.6. The Morgan fingerprint density at radius 1 is 1.25 bits per heavy atom. The van der Waals surface area contributed by atoms with Crippen LogP contribution in [0.3, 0.4) is 0 Å². The Morgan fingerprint density at radius 2 is 1.96 bits per heavy atom. The molecule has 1 aromatic carbocycles. The number of ether oxygens (including phenoxy) is 3. The zero-order valence-corrected chi connectivity index (χ0v) is 16.3. The first kappa shape index (κ1) is 20.5. The highest BCUT2D eigenvalue weighted by atomic mass is 19.1. The first-order chi connectivity index (χ1) is 13.2. The first-order valence-electron chi connectivity index (χ1n) is 9.32. The molecule has 0 radical (unpaired) electrons. The molecule has 0 aromatic heterocycles. The summed E-state index contributed by atoms with van der Waals surface area (Å²) in [5, 5.41) is 2.73. The van der Waals surface area contributed by atoms with E-state index in [0.29, 0.717) is 26.3 Å². The van der Waals surface area contributed by atoms with Crippen molar-refractivity contribution in [3.8, 4) is 0 Å². The van der Waals surface area contributed by atoms with E-state index in [9.17, 15) is 13.6 Å². The molecule has 6 nitrogen and oxygen atoms in total. The third-order valence-corrected chi connectivity index (χ3v) is 4.47. The first-order valence-corrected chi connectivity index (χ1v) is 9.32. The lowest BCUT2D eigenvalue weighted by Crippen LogP contribution is -2.46. The summed E-state index contributed by atoms with van der Waals surface area (Å²) in [5.74, 6) is -1.16. The van der Waals surface area contributed by atoms with Gasteiger partial charge in [-0.15, -0.1) is 0 Å². The van der Waals surface area contributed by atoms with Crippen LogP contribution in [0.4, 0.5) is 13.6 Å². The topological polar surface area (TPSA) is 60.0 Å². The maximum Gasteiger partial charge on any atom is 0.408 e. The summed E-state index contributed by atoms with van der Waals surface area (Å²) in [4.78, 5) is 14.4. The highest BCUT2D eigenvalue weighted by Gasteiger charge is 2.33. The molecule has 1 fully saturated rings. The normalized spacial score (nSPS) is 23.2. The van der Waals surface area contributed by atoms with Crippen LogP contribution in [-0.2, 0) is 14.2 Å². The van der Waals surface area contributed by atoms with E-state index in [1.807, 2.05) is 6.08 Å². The van der Waals surface area contributed by atoms with E-state index in [-0.39, 0.29) is 12.2 Å². The van der Waals surface area contributed by atoms with Gasteiger partial charge in [0, 0.05) is 24.4 Å². The van der Waals surface area contributed by atoms with Gasteiger partial charge < -0.3 is 24.4 Å². The fourth-order valence-electron chi connectivity index (χ4n) is 3.25. The van der Waals surface area contributed by atoms with E-state index < -0.39 is 35.5 Å². The Bertz CT molecular complexity index is 742. The number of nitrogens with zero attached hydrogens (tertiary/aromatic N) is 1. The quantitative estimate of drug-likeness (QED) is 0.851. The highest BCUT2D eigenvalue weighted by molar-refractivity contribution is 5.68. The molecular weight excluding hydrogens is 370 g/mol. The number of halogens is 2. The number of amides is 1. The minimum absolute atomic E-state index is 0.0540. The van der Waals surface area contributed by atoms with Gasteiger partial charge in [0.05, 0.1) is 25.9 Å². The van der Waals surface area contributed by atoms with Crippen molar-refractivity contribution >= 4 is 6.09 Å². The van der Waals surface area contributed by atoms with Gasteiger partial charge in [-0.1, -0.05) is 0 Å². The Balaban J connectivity index is 1.87. The SMILES string of the molecule is CC(C)(C)OC(=O)NC1C=C(N2CCOCC2)CO[C@@H]1c1cc(F)ccc1F. The second-order valence-corrected chi connectivity index (χ2v) is 7.83. The average Bonchev–Trinajstić information content (AvgIpc) is 2.63. The number of hydrogen-bond acceptors (Lipinski definition) is 5. The fourth-order valence-corrected chi connectivity index (χ4v) is 3.25. The second kappa shape index (κ2) is 8.45. The predicted octanol–water partition coefficient (Wildman–Crippen LogP) is 3.15. The monoisotopic (exact) mass is 396 g/mol. The minimum Gasteiger partial charge on any atom is -0.444 e. The molecule has 1 amide bonds. The zero-order valence-electron chi connectivity index (χ0n) is 16.3. The third kappa shape index (κ3) is 5.20. The standard InChI is InChI=1S/C20H26F2N2O4/c1-20(2,3)28-19(25)23-17-11-14(24-6-8-26-9-7-24)12-27-18(17)15-10-13(21)4-5-16(15)22/h4-5,10-11,17-18H,6-9,12H2,1-3H3,(H,23,25)/t17?,18-/m1/s1. The van der Waals surface area contributed by atoms with Crippen LogP contribution in [0.25, 0.3) is 0 Å². The number of carbonyl (C=O) groups excluding carboxylic acids is 1. The summed E-state index contributed by atoms with van der Waals surface area (Å²) in [6, 6.07) is 2.49. The Morgan fingerprint density at radius 3 is 2.64 bits per heavy atom. The summed E-state index contributed by atoms with van der Waals surface area (Å²) in [5.41, 5.74) is 0.242. The molecule has 2 atom stereocenters. The molecule has 1 aromatic rings.